The van der Waals surface area contributed by atoms with Crippen molar-refractivity contribution in [2.75, 3.05) is 13.9 Å². The van der Waals surface area contributed by atoms with Crippen LogP contribution in [0.2, 0.25) is 0 Å². The molecule has 4 heteroatoms. The molecule has 4 nitrogen and oxygen atoms in total. The Labute approximate surface area is 146 Å². The fourth-order valence-electron chi connectivity index (χ4n) is 3.05. The molecule has 0 amide bonds. The molecule has 1 N–H and O–H groups in total. The van der Waals surface area contributed by atoms with Gasteiger partial charge in [-0.3, -0.25) is 0 Å². The molecule has 0 aliphatic carbocycles. The summed E-state index contributed by atoms with van der Waals surface area (Å²) in [6, 6.07) is 15.5. The number of fused-ring (bicyclic) bond motifs is 1. The van der Waals surface area contributed by atoms with Crippen LogP contribution in [0.4, 0.5) is 0 Å². The van der Waals surface area contributed by atoms with E-state index in [4.69, 9.17) is 9.84 Å². The van der Waals surface area contributed by atoms with E-state index in [1.54, 1.807) is 19.2 Å². The number of rotatable bonds is 4. The SMILES string of the molecule is COc1cc(C)c2cc(-c3ccc(C(=O)OCO)cc3)ccc2c1C. The first-order valence-corrected chi connectivity index (χ1v) is 8.01. The van der Waals surface area contributed by atoms with Gasteiger partial charge in [0.2, 0.25) is 0 Å². The molecular weight excluding hydrogens is 316 g/mol. The third kappa shape index (κ3) is 3.21. The smallest absolute Gasteiger partial charge is 0.340 e. The van der Waals surface area contributed by atoms with Crippen LogP contribution in [0.25, 0.3) is 21.9 Å². The Bertz CT molecular complexity index is 927. The number of benzene rings is 3. The van der Waals surface area contributed by atoms with Gasteiger partial charge >= 0.3 is 5.97 Å². The van der Waals surface area contributed by atoms with Crippen LogP contribution in [-0.4, -0.2) is 25.0 Å². The molecule has 0 saturated heterocycles. The number of hydrogen-bond acceptors (Lipinski definition) is 4. The Morgan fingerprint density at radius 1 is 0.960 bits per heavy atom. The number of aliphatic hydroxyl groups is 1. The molecule has 0 aliphatic heterocycles. The van der Waals surface area contributed by atoms with Crippen LogP contribution in [0, 0.1) is 13.8 Å². The highest BCUT2D eigenvalue weighted by molar-refractivity contribution is 5.94. The van der Waals surface area contributed by atoms with Crippen molar-refractivity contribution in [1.82, 2.24) is 0 Å². The molecule has 25 heavy (non-hydrogen) atoms. The van der Waals surface area contributed by atoms with Crippen LogP contribution in [-0.2, 0) is 4.74 Å². The zero-order chi connectivity index (χ0) is 18.0. The molecule has 0 spiro atoms. The second-order valence-corrected chi connectivity index (χ2v) is 5.92. The van der Waals surface area contributed by atoms with Crippen LogP contribution in [0.3, 0.4) is 0 Å². The van der Waals surface area contributed by atoms with Crippen LogP contribution in [0.15, 0.2) is 48.5 Å². The van der Waals surface area contributed by atoms with Crippen LogP contribution in [0.5, 0.6) is 5.75 Å². The number of carbonyl (C=O) groups excluding carboxylic acids is 1. The molecule has 0 unspecified atom stereocenters. The van der Waals surface area contributed by atoms with Crippen molar-refractivity contribution in [3.8, 4) is 16.9 Å². The minimum absolute atomic E-state index is 0.412. The van der Waals surface area contributed by atoms with Gasteiger partial charge in [0.15, 0.2) is 6.79 Å². The Morgan fingerprint density at radius 2 is 1.64 bits per heavy atom. The normalized spacial score (nSPS) is 10.7. The Hall–Kier alpha value is -2.85. The lowest BCUT2D eigenvalue weighted by molar-refractivity contribution is 0.00684. The van der Waals surface area contributed by atoms with Gasteiger partial charge < -0.3 is 14.6 Å². The minimum Gasteiger partial charge on any atom is -0.496 e. The van der Waals surface area contributed by atoms with E-state index in [-0.39, 0.29) is 0 Å². The van der Waals surface area contributed by atoms with Gasteiger partial charge in [-0.1, -0.05) is 24.3 Å². The number of ether oxygens (including phenoxy) is 2. The van der Waals surface area contributed by atoms with Gasteiger partial charge in [-0.25, -0.2) is 4.79 Å². The molecule has 0 bridgehead atoms. The summed E-state index contributed by atoms with van der Waals surface area (Å²) in [7, 11) is 1.69. The maximum absolute atomic E-state index is 11.6. The van der Waals surface area contributed by atoms with Crippen molar-refractivity contribution in [3.63, 3.8) is 0 Å². The number of aliphatic hydroxyl groups excluding tert-OH is 1. The fourth-order valence-corrected chi connectivity index (χ4v) is 3.05. The zero-order valence-electron chi connectivity index (χ0n) is 14.5. The van der Waals surface area contributed by atoms with E-state index < -0.39 is 12.8 Å². The number of hydrogen-bond donors (Lipinski definition) is 1. The zero-order valence-corrected chi connectivity index (χ0v) is 14.5. The summed E-state index contributed by atoms with van der Waals surface area (Å²) in [5.74, 6) is 0.357. The second-order valence-electron chi connectivity index (χ2n) is 5.92. The van der Waals surface area contributed by atoms with E-state index in [2.05, 4.69) is 42.8 Å². The van der Waals surface area contributed by atoms with E-state index in [1.807, 2.05) is 12.1 Å². The summed E-state index contributed by atoms with van der Waals surface area (Å²) in [5.41, 5.74) is 4.77. The summed E-state index contributed by atoms with van der Waals surface area (Å²) in [6.45, 7) is 3.51. The van der Waals surface area contributed by atoms with Crippen LogP contribution in [0.1, 0.15) is 21.5 Å². The largest absolute Gasteiger partial charge is 0.496 e. The van der Waals surface area contributed by atoms with E-state index in [0.717, 1.165) is 28.0 Å². The first-order valence-electron chi connectivity index (χ1n) is 8.01. The minimum atomic E-state index is -0.618. The molecule has 3 rings (SSSR count). The summed E-state index contributed by atoms with van der Waals surface area (Å²) >= 11 is 0. The quantitative estimate of drug-likeness (QED) is 0.572. The molecule has 0 saturated carbocycles. The lowest BCUT2D eigenvalue weighted by Gasteiger charge is -2.13. The highest BCUT2D eigenvalue weighted by Crippen LogP contribution is 2.33. The van der Waals surface area contributed by atoms with Gasteiger partial charge in [0.1, 0.15) is 5.75 Å². The van der Waals surface area contributed by atoms with Crippen molar-refractivity contribution >= 4 is 16.7 Å². The summed E-state index contributed by atoms with van der Waals surface area (Å²) < 4.78 is 10.0. The van der Waals surface area contributed by atoms with Crippen LogP contribution >= 0.6 is 0 Å². The molecule has 3 aromatic carbocycles. The molecular formula is C21H20O4. The van der Waals surface area contributed by atoms with Crippen molar-refractivity contribution in [2.24, 2.45) is 0 Å². The fraction of sp³-hybridized carbons (Fsp3) is 0.190. The van der Waals surface area contributed by atoms with E-state index >= 15 is 0 Å². The van der Waals surface area contributed by atoms with Crippen molar-refractivity contribution in [1.29, 1.82) is 0 Å². The van der Waals surface area contributed by atoms with Gasteiger partial charge in [0, 0.05) is 0 Å². The topological polar surface area (TPSA) is 55.8 Å². The molecule has 0 fully saturated rings. The predicted octanol–water partition coefficient (Wildman–Crippen LogP) is 4.24. The molecule has 128 valence electrons. The second kappa shape index (κ2) is 6.95. The molecule has 0 aromatic heterocycles. The predicted molar refractivity (Wildman–Crippen MR) is 97.9 cm³/mol. The molecule has 3 aromatic rings. The van der Waals surface area contributed by atoms with E-state index in [0.29, 0.717) is 5.56 Å². The number of methoxy groups -OCH3 is 1. The number of carbonyl (C=O) groups is 1. The maximum atomic E-state index is 11.6. The van der Waals surface area contributed by atoms with E-state index in [9.17, 15) is 4.79 Å². The third-order valence-corrected chi connectivity index (χ3v) is 4.44. The summed E-state index contributed by atoms with van der Waals surface area (Å²) in [6.07, 6.45) is 0. The van der Waals surface area contributed by atoms with Gasteiger partial charge in [-0.2, -0.15) is 0 Å². The van der Waals surface area contributed by atoms with Gasteiger partial charge in [0.25, 0.3) is 0 Å². The number of esters is 1. The maximum Gasteiger partial charge on any atom is 0.340 e. The molecule has 0 heterocycles. The lowest BCUT2D eigenvalue weighted by atomic mass is 9.95. The van der Waals surface area contributed by atoms with Gasteiger partial charge in [-0.15, -0.1) is 0 Å². The Balaban J connectivity index is 2.02. The first-order chi connectivity index (χ1) is 12.0. The van der Waals surface area contributed by atoms with Crippen molar-refractivity contribution in [3.05, 3.63) is 65.2 Å². The first kappa shape index (κ1) is 17.0. The highest BCUT2D eigenvalue weighted by atomic mass is 16.6. The van der Waals surface area contributed by atoms with Crippen LogP contribution < -0.4 is 4.74 Å². The average Bonchev–Trinajstić information content (AvgIpc) is 2.64. The standard InChI is InChI=1S/C21H20O4/c1-13-10-20(24-3)14(2)18-9-8-17(11-19(13)18)15-4-6-16(7-5-15)21(23)25-12-22/h4-11,22H,12H2,1-3H3. The summed E-state index contributed by atoms with van der Waals surface area (Å²) in [4.78, 5) is 11.6. The monoisotopic (exact) mass is 336 g/mol. The van der Waals surface area contributed by atoms with Gasteiger partial charge in [0.05, 0.1) is 12.7 Å². The van der Waals surface area contributed by atoms with Crippen molar-refractivity contribution < 1.29 is 19.4 Å². The summed E-state index contributed by atoms with van der Waals surface area (Å²) in [5, 5.41) is 11.0. The van der Waals surface area contributed by atoms with Crippen molar-refractivity contribution in [2.45, 2.75) is 13.8 Å². The molecule has 0 aliphatic rings. The number of aryl methyl sites for hydroxylation is 2. The molecule has 0 radical (unpaired) electrons. The Kier molecular flexibility index (Phi) is 4.72. The lowest BCUT2D eigenvalue weighted by Crippen LogP contribution is -2.05. The Morgan fingerprint density at radius 3 is 2.28 bits per heavy atom. The highest BCUT2D eigenvalue weighted by Gasteiger charge is 2.10. The molecule has 0 atom stereocenters. The third-order valence-electron chi connectivity index (χ3n) is 4.44. The average molecular weight is 336 g/mol. The van der Waals surface area contributed by atoms with E-state index in [1.165, 1.54) is 10.8 Å². The van der Waals surface area contributed by atoms with Gasteiger partial charge in [-0.05, 0) is 71.1 Å².